The Bertz CT molecular complexity index is 857. The van der Waals surface area contributed by atoms with Gasteiger partial charge in [0.25, 0.3) is 0 Å². The van der Waals surface area contributed by atoms with E-state index in [4.69, 9.17) is 0 Å². The maximum atomic E-state index is 14.6. The molecule has 2 aliphatic rings. The van der Waals surface area contributed by atoms with E-state index < -0.39 is 0 Å². The summed E-state index contributed by atoms with van der Waals surface area (Å²) in [6, 6.07) is 16.3. The van der Waals surface area contributed by atoms with Crippen LogP contribution in [0.2, 0.25) is 0 Å². The van der Waals surface area contributed by atoms with Crippen LogP contribution in [0.15, 0.2) is 55.1 Å². The van der Waals surface area contributed by atoms with Crippen LogP contribution < -0.4 is 0 Å². The minimum absolute atomic E-state index is 0.151. The third-order valence-corrected chi connectivity index (χ3v) is 7.07. The highest BCUT2D eigenvalue weighted by molar-refractivity contribution is 5.63. The number of hydrogen-bond donors (Lipinski definition) is 0. The molecule has 28 heavy (non-hydrogen) atoms. The van der Waals surface area contributed by atoms with Gasteiger partial charge in [0.05, 0.1) is 0 Å². The molecule has 0 spiro atoms. The molecule has 0 aliphatic carbocycles. The molecule has 148 valence electrons. The summed E-state index contributed by atoms with van der Waals surface area (Å²) < 4.78 is 14.6. The van der Waals surface area contributed by atoms with Crippen LogP contribution in [0.4, 0.5) is 4.39 Å². The fourth-order valence-electron chi connectivity index (χ4n) is 5.13. The average Bonchev–Trinajstić information content (AvgIpc) is 3.05. The molecule has 2 fully saturated rings. The number of halogens is 1. The summed E-state index contributed by atoms with van der Waals surface area (Å²) in [7, 11) is 0. The number of nitrogens with zero attached hydrogens (tertiary/aromatic N) is 2. The Morgan fingerprint density at radius 2 is 1.61 bits per heavy atom. The SMILES string of the molecule is C=C(c1ccc(CC)cc1F)N1CC2(C)CN(Cc3ccccc3)CC2(C)C1. The van der Waals surface area contributed by atoms with Crippen molar-refractivity contribution in [3.63, 3.8) is 0 Å². The van der Waals surface area contributed by atoms with Gasteiger partial charge in [0.1, 0.15) is 5.82 Å². The summed E-state index contributed by atoms with van der Waals surface area (Å²) in [5.74, 6) is -0.151. The van der Waals surface area contributed by atoms with Gasteiger partial charge in [0.15, 0.2) is 0 Å². The van der Waals surface area contributed by atoms with Crippen LogP contribution in [0.3, 0.4) is 0 Å². The van der Waals surface area contributed by atoms with E-state index >= 15 is 0 Å². The number of aryl methyl sites for hydroxylation is 1. The fourth-order valence-corrected chi connectivity index (χ4v) is 5.13. The molecule has 2 heterocycles. The smallest absolute Gasteiger partial charge is 0.132 e. The second-order valence-electron chi connectivity index (χ2n) is 9.22. The Kier molecular flexibility index (Phi) is 4.83. The van der Waals surface area contributed by atoms with Gasteiger partial charge in [0, 0.05) is 54.8 Å². The lowest BCUT2D eigenvalue weighted by atomic mass is 9.71. The molecular weight excluding hydrogens is 347 g/mol. The lowest BCUT2D eigenvalue weighted by Gasteiger charge is -2.30. The van der Waals surface area contributed by atoms with Crippen LogP contribution in [-0.4, -0.2) is 36.0 Å². The van der Waals surface area contributed by atoms with Crippen LogP contribution in [0.25, 0.3) is 5.70 Å². The highest BCUT2D eigenvalue weighted by Crippen LogP contribution is 2.53. The third kappa shape index (κ3) is 3.26. The normalized spacial score (nSPS) is 27.2. The Balaban J connectivity index is 1.48. The fraction of sp³-hybridized carbons (Fsp3) is 0.440. The number of rotatable bonds is 5. The maximum Gasteiger partial charge on any atom is 0.132 e. The van der Waals surface area contributed by atoms with Crippen molar-refractivity contribution in [3.8, 4) is 0 Å². The monoisotopic (exact) mass is 378 g/mol. The predicted molar refractivity (Wildman–Crippen MR) is 114 cm³/mol. The molecule has 0 aromatic heterocycles. The molecule has 0 radical (unpaired) electrons. The second kappa shape index (κ2) is 7.04. The molecule has 4 rings (SSSR count). The van der Waals surface area contributed by atoms with E-state index in [0.717, 1.165) is 50.4 Å². The van der Waals surface area contributed by atoms with Gasteiger partial charge in [-0.2, -0.15) is 0 Å². The highest BCUT2D eigenvalue weighted by Gasteiger charge is 2.57. The minimum Gasteiger partial charge on any atom is -0.370 e. The molecule has 3 heteroatoms. The first-order valence-corrected chi connectivity index (χ1v) is 10.3. The molecule has 2 aromatic rings. The topological polar surface area (TPSA) is 6.48 Å². The van der Waals surface area contributed by atoms with E-state index in [1.54, 1.807) is 6.07 Å². The van der Waals surface area contributed by atoms with Crippen LogP contribution in [0, 0.1) is 16.6 Å². The molecule has 2 unspecified atom stereocenters. The van der Waals surface area contributed by atoms with E-state index in [-0.39, 0.29) is 16.6 Å². The van der Waals surface area contributed by atoms with Gasteiger partial charge in [0.2, 0.25) is 0 Å². The maximum absolute atomic E-state index is 14.6. The molecule has 2 saturated heterocycles. The van der Waals surface area contributed by atoms with Crippen LogP contribution in [0.1, 0.15) is 37.5 Å². The summed E-state index contributed by atoms with van der Waals surface area (Å²) in [6.07, 6.45) is 0.848. The molecule has 2 atom stereocenters. The Labute approximate surface area is 168 Å². The zero-order chi connectivity index (χ0) is 19.9. The van der Waals surface area contributed by atoms with Gasteiger partial charge >= 0.3 is 0 Å². The van der Waals surface area contributed by atoms with Crippen molar-refractivity contribution in [1.82, 2.24) is 9.80 Å². The first-order valence-electron chi connectivity index (χ1n) is 10.3. The zero-order valence-electron chi connectivity index (χ0n) is 17.3. The van der Waals surface area contributed by atoms with E-state index in [2.05, 4.69) is 60.6 Å². The predicted octanol–water partition coefficient (Wildman–Crippen LogP) is 5.20. The number of hydrogen-bond acceptors (Lipinski definition) is 2. The highest BCUT2D eigenvalue weighted by atomic mass is 19.1. The minimum atomic E-state index is -0.151. The summed E-state index contributed by atoms with van der Waals surface area (Å²) >= 11 is 0. The molecule has 0 saturated carbocycles. The van der Waals surface area contributed by atoms with Gasteiger partial charge < -0.3 is 4.90 Å². The molecule has 0 amide bonds. The second-order valence-corrected chi connectivity index (χ2v) is 9.22. The first kappa shape index (κ1) is 19.2. The van der Waals surface area contributed by atoms with Crippen LogP contribution in [-0.2, 0) is 13.0 Å². The molecule has 2 aromatic carbocycles. The molecule has 2 aliphatic heterocycles. The van der Waals surface area contributed by atoms with E-state index in [9.17, 15) is 4.39 Å². The summed E-state index contributed by atoms with van der Waals surface area (Å²) in [5.41, 5.74) is 4.24. The van der Waals surface area contributed by atoms with Crippen LogP contribution >= 0.6 is 0 Å². The van der Waals surface area contributed by atoms with Crippen molar-refractivity contribution in [1.29, 1.82) is 0 Å². The Hall–Kier alpha value is -2.13. The standard InChI is InChI=1S/C25H31FN2/c1-5-20-11-12-22(23(26)13-20)19(2)28-17-24(3)15-27(16-25(24,4)18-28)14-21-9-7-6-8-10-21/h6-13H,2,5,14-18H2,1,3-4H3. The first-order chi connectivity index (χ1) is 13.3. The lowest BCUT2D eigenvalue weighted by Crippen LogP contribution is -2.34. The van der Waals surface area contributed by atoms with E-state index in [0.29, 0.717) is 5.56 Å². The number of fused-ring (bicyclic) bond motifs is 1. The number of likely N-dealkylation sites (tertiary alicyclic amines) is 2. The van der Waals surface area contributed by atoms with Crippen molar-refractivity contribution < 1.29 is 4.39 Å². The van der Waals surface area contributed by atoms with Gasteiger partial charge in [-0.05, 0) is 29.7 Å². The van der Waals surface area contributed by atoms with Gasteiger partial charge in [-0.15, -0.1) is 0 Å². The number of benzene rings is 2. The van der Waals surface area contributed by atoms with Crippen molar-refractivity contribution in [2.45, 2.75) is 33.7 Å². The van der Waals surface area contributed by atoms with Crippen molar-refractivity contribution in [2.75, 3.05) is 26.2 Å². The quantitative estimate of drug-likeness (QED) is 0.705. The average molecular weight is 379 g/mol. The molecule has 0 bridgehead atoms. The van der Waals surface area contributed by atoms with Gasteiger partial charge in [-0.3, -0.25) is 4.90 Å². The van der Waals surface area contributed by atoms with E-state index in [1.807, 2.05) is 19.1 Å². The van der Waals surface area contributed by atoms with Crippen molar-refractivity contribution in [3.05, 3.63) is 77.6 Å². The molecule has 0 N–H and O–H groups in total. The van der Waals surface area contributed by atoms with Crippen molar-refractivity contribution in [2.24, 2.45) is 10.8 Å². The van der Waals surface area contributed by atoms with E-state index in [1.165, 1.54) is 5.56 Å². The Morgan fingerprint density at radius 1 is 0.964 bits per heavy atom. The largest absolute Gasteiger partial charge is 0.370 e. The Morgan fingerprint density at radius 3 is 2.18 bits per heavy atom. The molecular formula is C25H31FN2. The summed E-state index contributed by atoms with van der Waals surface area (Å²) in [5, 5.41) is 0. The van der Waals surface area contributed by atoms with Gasteiger partial charge in [-0.1, -0.05) is 63.7 Å². The van der Waals surface area contributed by atoms with Crippen molar-refractivity contribution >= 4 is 5.70 Å². The zero-order valence-corrected chi connectivity index (χ0v) is 17.3. The third-order valence-electron chi connectivity index (χ3n) is 7.07. The van der Waals surface area contributed by atoms with Gasteiger partial charge in [-0.25, -0.2) is 4.39 Å². The van der Waals surface area contributed by atoms with Crippen LogP contribution in [0.5, 0.6) is 0 Å². The summed E-state index contributed by atoms with van der Waals surface area (Å²) in [6.45, 7) is 16.1. The molecule has 2 nitrogen and oxygen atoms in total. The lowest BCUT2D eigenvalue weighted by molar-refractivity contribution is 0.212. The summed E-state index contributed by atoms with van der Waals surface area (Å²) in [4.78, 5) is 4.88.